The molecule has 0 radical (unpaired) electrons. The molecule has 2 rings (SSSR count). The van der Waals surface area contributed by atoms with Crippen molar-refractivity contribution in [3.05, 3.63) is 23.2 Å². The molecule has 1 aromatic heterocycles. The van der Waals surface area contributed by atoms with Crippen molar-refractivity contribution in [1.29, 1.82) is 0 Å². The van der Waals surface area contributed by atoms with Gasteiger partial charge in [0.15, 0.2) is 0 Å². The van der Waals surface area contributed by atoms with Gasteiger partial charge in [0.25, 0.3) is 0 Å². The van der Waals surface area contributed by atoms with E-state index in [1.54, 1.807) is 0 Å². The van der Waals surface area contributed by atoms with E-state index >= 15 is 0 Å². The highest BCUT2D eigenvalue weighted by Gasteiger charge is 2.22. The molecule has 0 bridgehead atoms. The maximum atomic E-state index is 6.01. The lowest BCUT2D eigenvalue weighted by Crippen LogP contribution is -2.25. The first kappa shape index (κ1) is 13.6. The fourth-order valence-electron chi connectivity index (χ4n) is 2.72. The van der Waals surface area contributed by atoms with Gasteiger partial charge in [-0.15, -0.1) is 0 Å². The molecule has 1 saturated carbocycles. The van der Waals surface area contributed by atoms with Crippen molar-refractivity contribution in [3.63, 3.8) is 0 Å². The number of aryl methyl sites for hydroxylation is 1. The van der Waals surface area contributed by atoms with Gasteiger partial charge in [-0.05, 0) is 44.4 Å². The summed E-state index contributed by atoms with van der Waals surface area (Å²) in [6.07, 6.45) is 5.57. The summed E-state index contributed by atoms with van der Waals surface area (Å²) >= 11 is 0. The Morgan fingerprint density at radius 2 is 2.17 bits per heavy atom. The molecule has 1 aliphatic rings. The summed E-state index contributed by atoms with van der Waals surface area (Å²) in [5.41, 5.74) is 1.21. The molecule has 102 valence electrons. The molecule has 3 heteroatoms. The van der Waals surface area contributed by atoms with E-state index in [0.717, 1.165) is 18.1 Å². The molecule has 0 spiro atoms. The molecule has 0 amide bonds. The van der Waals surface area contributed by atoms with Gasteiger partial charge in [-0.2, -0.15) is 0 Å². The predicted molar refractivity (Wildman–Crippen MR) is 72.4 cm³/mol. The molecule has 0 aromatic carbocycles. The molecule has 1 heterocycles. The molecule has 0 saturated heterocycles. The fraction of sp³-hybridized carbons (Fsp3) is 0.733. The Morgan fingerprint density at radius 3 is 2.89 bits per heavy atom. The van der Waals surface area contributed by atoms with E-state index in [1.807, 2.05) is 7.05 Å². The van der Waals surface area contributed by atoms with Crippen LogP contribution in [0, 0.1) is 12.8 Å². The number of ether oxygens (including phenoxy) is 1. The van der Waals surface area contributed by atoms with Crippen LogP contribution in [0.15, 0.2) is 10.5 Å². The van der Waals surface area contributed by atoms with E-state index in [9.17, 15) is 0 Å². The van der Waals surface area contributed by atoms with Crippen molar-refractivity contribution in [2.75, 3.05) is 7.05 Å². The standard InChI is InChI=1S/C15H25NO2/c1-11-6-4-5-7-14(11)17-10-13-8-12(2)15(18-13)9-16-3/h8,11,14,16H,4-7,9-10H2,1-3H3. The topological polar surface area (TPSA) is 34.4 Å². The lowest BCUT2D eigenvalue weighted by Gasteiger charge is -2.28. The van der Waals surface area contributed by atoms with Gasteiger partial charge in [-0.25, -0.2) is 0 Å². The second-order valence-corrected chi connectivity index (χ2v) is 5.46. The summed E-state index contributed by atoms with van der Waals surface area (Å²) in [6.45, 7) is 5.78. The Labute approximate surface area is 110 Å². The molecule has 1 fully saturated rings. The molecule has 1 aromatic rings. The van der Waals surface area contributed by atoms with Crippen molar-refractivity contribution in [2.24, 2.45) is 5.92 Å². The van der Waals surface area contributed by atoms with E-state index in [-0.39, 0.29) is 0 Å². The summed E-state index contributed by atoms with van der Waals surface area (Å²) < 4.78 is 11.8. The summed E-state index contributed by atoms with van der Waals surface area (Å²) in [6, 6.07) is 2.10. The van der Waals surface area contributed by atoms with Gasteiger partial charge in [0, 0.05) is 0 Å². The predicted octanol–water partition coefficient (Wildman–Crippen LogP) is 3.40. The van der Waals surface area contributed by atoms with Crippen molar-refractivity contribution in [3.8, 4) is 0 Å². The van der Waals surface area contributed by atoms with E-state index in [2.05, 4.69) is 25.2 Å². The normalized spacial score (nSPS) is 24.4. The van der Waals surface area contributed by atoms with Crippen LogP contribution in [0.1, 0.15) is 49.7 Å². The first-order valence-electron chi connectivity index (χ1n) is 7.05. The van der Waals surface area contributed by atoms with Gasteiger partial charge in [0.05, 0.1) is 12.6 Å². The molecule has 2 atom stereocenters. The largest absolute Gasteiger partial charge is 0.462 e. The lowest BCUT2D eigenvalue weighted by atomic mass is 9.88. The lowest BCUT2D eigenvalue weighted by molar-refractivity contribution is -0.0222. The van der Waals surface area contributed by atoms with E-state index in [4.69, 9.17) is 9.15 Å². The van der Waals surface area contributed by atoms with Gasteiger partial charge in [0.2, 0.25) is 0 Å². The van der Waals surface area contributed by atoms with Crippen LogP contribution in [0.5, 0.6) is 0 Å². The van der Waals surface area contributed by atoms with Gasteiger partial charge in [0.1, 0.15) is 18.1 Å². The fourth-order valence-corrected chi connectivity index (χ4v) is 2.72. The Morgan fingerprint density at radius 1 is 1.39 bits per heavy atom. The number of rotatable bonds is 5. The number of nitrogens with one attached hydrogen (secondary N) is 1. The summed E-state index contributed by atoms with van der Waals surface area (Å²) in [7, 11) is 1.93. The van der Waals surface area contributed by atoms with Gasteiger partial charge >= 0.3 is 0 Å². The van der Waals surface area contributed by atoms with Crippen LogP contribution < -0.4 is 5.32 Å². The minimum atomic E-state index is 0.414. The van der Waals surface area contributed by atoms with E-state index in [1.165, 1.54) is 31.2 Å². The van der Waals surface area contributed by atoms with Crippen molar-refractivity contribution in [2.45, 2.75) is 58.8 Å². The van der Waals surface area contributed by atoms with Crippen LogP contribution in [0.2, 0.25) is 0 Å². The maximum absolute atomic E-state index is 6.01. The van der Waals surface area contributed by atoms with Crippen LogP contribution in [0.4, 0.5) is 0 Å². The minimum absolute atomic E-state index is 0.414. The highest BCUT2D eigenvalue weighted by atomic mass is 16.5. The van der Waals surface area contributed by atoms with Crippen LogP contribution in [-0.2, 0) is 17.9 Å². The monoisotopic (exact) mass is 251 g/mol. The summed E-state index contributed by atoms with van der Waals surface area (Å²) in [4.78, 5) is 0. The zero-order valence-electron chi connectivity index (χ0n) is 11.8. The highest BCUT2D eigenvalue weighted by molar-refractivity contribution is 5.19. The van der Waals surface area contributed by atoms with Gasteiger partial charge < -0.3 is 14.5 Å². The highest BCUT2D eigenvalue weighted by Crippen LogP contribution is 2.27. The summed E-state index contributed by atoms with van der Waals surface area (Å²) in [5, 5.41) is 3.12. The second-order valence-electron chi connectivity index (χ2n) is 5.46. The molecular weight excluding hydrogens is 226 g/mol. The Bertz CT molecular complexity index is 373. The van der Waals surface area contributed by atoms with E-state index < -0.39 is 0 Å². The molecular formula is C15H25NO2. The van der Waals surface area contributed by atoms with Gasteiger partial charge in [-0.1, -0.05) is 19.8 Å². The summed E-state index contributed by atoms with van der Waals surface area (Å²) in [5.74, 6) is 2.66. The molecule has 3 nitrogen and oxygen atoms in total. The smallest absolute Gasteiger partial charge is 0.130 e. The Kier molecular flexibility index (Phi) is 4.84. The Hall–Kier alpha value is -0.800. The first-order valence-corrected chi connectivity index (χ1v) is 7.05. The Balaban J connectivity index is 1.87. The third kappa shape index (κ3) is 3.36. The minimum Gasteiger partial charge on any atom is -0.462 e. The number of hydrogen-bond donors (Lipinski definition) is 1. The third-order valence-electron chi connectivity index (χ3n) is 3.88. The average Bonchev–Trinajstić information content (AvgIpc) is 2.70. The first-order chi connectivity index (χ1) is 8.70. The SMILES string of the molecule is CNCc1oc(COC2CCCCC2C)cc1C. The van der Waals surface area contributed by atoms with E-state index in [0.29, 0.717) is 18.6 Å². The van der Waals surface area contributed by atoms with Crippen molar-refractivity contribution in [1.82, 2.24) is 5.32 Å². The molecule has 1 aliphatic carbocycles. The van der Waals surface area contributed by atoms with Crippen molar-refractivity contribution >= 4 is 0 Å². The van der Waals surface area contributed by atoms with Crippen LogP contribution in [0.25, 0.3) is 0 Å². The third-order valence-corrected chi connectivity index (χ3v) is 3.88. The molecule has 0 aliphatic heterocycles. The number of furan rings is 1. The van der Waals surface area contributed by atoms with Gasteiger partial charge in [-0.3, -0.25) is 0 Å². The maximum Gasteiger partial charge on any atom is 0.130 e. The van der Waals surface area contributed by atoms with Crippen molar-refractivity contribution < 1.29 is 9.15 Å². The van der Waals surface area contributed by atoms with Crippen LogP contribution >= 0.6 is 0 Å². The average molecular weight is 251 g/mol. The van der Waals surface area contributed by atoms with Crippen LogP contribution in [0.3, 0.4) is 0 Å². The van der Waals surface area contributed by atoms with Crippen LogP contribution in [-0.4, -0.2) is 13.2 Å². The second kappa shape index (κ2) is 6.39. The molecule has 18 heavy (non-hydrogen) atoms. The molecule has 2 unspecified atom stereocenters. The zero-order valence-corrected chi connectivity index (χ0v) is 11.8. The quantitative estimate of drug-likeness (QED) is 0.871. The zero-order chi connectivity index (χ0) is 13.0. The molecule has 1 N–H and O–H groups in total. The number of hydrogen-bond acceptors (Lipinski definition) is 3.